The first-order valence-electron chi connectivity index (χ1n) is 2.79. The molecule has 0 bridgehead atoms. The van der Waals surface area contributed by atoms with Gasteiger partial charge in [-0.2, -0.15) is 0 Å². The molecule has 1 aliphatic heterocycles. The van der Waals surface area contributed by atoms with Crippen molar-refractivity contribution >= 4 is 0 Å². The molecule has 3 heteroatoms. The fourth-order valence-corrected chi connectivity index (χ4v) is 0.576. The molecular weight excluding hydrogens is 116 g/mol. The Bertz CT molecular complexity index is 160. The van der Waals surface area contributed by atoms with Crippen LogP contribution in [0, 0.1) is 0 Å². The van der Waals surface area contributed by atoms with Crippen LogP contribution in [0.5, 0.6) is 0 Å². The Morgan fingerprint density at radius 3 is 3.00 bits per heavy atom. The third kappa shape index (κ3) is 1.68. The molecule has 0 aromatic rings. The minimum atomic E-state index is -0.153. The maximum Gasteiger partial charge on any atom is 0.267 e. The van der Waals surface area contributed by atoms with Crippen LogP contribution in [-0.4, -0.2) is 13.3 Å². The van der Waals surface area contributed by atoms with Crippen molar-refractivity contribution in [3.05, 3.63) is 24.5 Å². The number of rotatable bonds is 1. The third-order valence-corrected chi connectivity index (χ3v) is 0.940. The summed E-state index contributed by atoms with van der Waals surface area (Å²) >= 11 is 0. The second kappa shape index (κ2) is 3.02. The van der Waals surface area contributed by atoms with Gasteiger partial charge in [0.1, 0.15) is 0 Å². The number of hydrogen-bond acceptors (Lipinski definition) is 2. The summed E-state index contributed by atoms with van der Waals surface area (Å²) in [5, 5.41) is 6.53. The van der Waals surface area contributed by atoms with E-state index in [-0.39, 0.29) is 6.23 Å². The van der Waals surface area contributed by atoms with Crippen molar-refractivity contribution in [1.82, 2.24) is 0 Å². The van der Waals surface area contributed by atoms with Gasteiger partial charge in [-0.15, -0.1) is 5.11 Å². The monoisotopic (exact) mass is 125 g/mol. The molecule has 9 heavy (non-hydrogen) atoms. The van der Waals surface area contributed by atoms with Gasteiger partial charge in [-0.1, -0.05) is 6.08 Å². The molecule has 1 atom stereocenters. The lowest BCUT2D eigenvalue weighted by Gasteiger charge is -2.03. The van der Waals surface area contributed by atoms with Crippen LogP contribution in [0.3, 0.4) is 0 Å². The molecule has 0 saturated heterocycles. The van der Waals surface area contributed by atoms with E-state index >= 15 is 0 Å². The van der Waals surface area contributed by atoms with Gasteiger partial charge in [-0.25, -0.2) is 0 Å². The zero-order valence-corrected chi connectivity index (χ0v) is 5.24. The molecule has 0 saturated carbocycles. The molecule has 0 aromatic heterocycles. The number of ether oxygens (including phenoxy) is 1. The Morgan fingerprint density at radius 1 is 1.56 bits per heavy atom. The SMILES string of the molecule is C[NH+]=NC1C=CC=CO1. The van der Waals surface area contributed by atoms with Crippen molar-refractivity contribution in [2.24, 2.45) is 5.11 Å². The second-order valence-corrected chi connectivity index (χ2v) is 1.59. The van der Waals surface area contributed by atoms with E-state index in [2.05, 4.69) is 10.2 Å². The third-order valence-electron chi connectivity index (χ3n) is 0.940. The molecule has 1 rings (SSSR count). The summed E-state index contributed by atoms with van der Waals surface area (Å²) < 4.78 is 5.02. The predicted octanol–water partition coefficient (Wildman–Crippen LogP) is -0.425. The van der Waals surface area contributed by atoms with E-state index in [0.717, 1.165) is 0 Å². The van der Waals surface area contributed by atoms with Crippen molar-refractivity contribution < 1.29 is 9.85 Å². The highest BCUT2D eigenvalue weighted by Crippen LogP contribution is 2.00. The van der Waals surface area contributed by atoms with Gasteiger partial charge in [0.25, 0.3) is 6.23 Å². The first-order chi connectivity index (χ1) is 4.43. The van der Waals surface area contributed by atoms with Gasteiger partial charge < -0.3 is 4.74 Å². The summed E-state index contributed by atoms with van der Waals surface area (Å²) in [6.45, 7) is 0. The maximum absolute atomic E-state index is 5.02. The van der Waals surface area contributed by atoms with Crippen molar-refractivity contribution in [1.29, 1.82) is 0 Å². The summed E-state index contributed by atoms with van der Waals surface area (Å²) in [5.41, 5.74) is 0. The van der Waals surface area contributed by atoms with Crippen LogP contribution in [0.25, 0.3) is 0 Å². The zero-order valence-electron chi connectivity index (χ0n) is 5.24. The molecule has 0 spiro atoms. The quantitative estimate of drug-likeness (QED) is 0.474. The second-order valence-electron chi connectivity index (χ2n) is 1.59. The van der Waals surface area contributed by atoms with Gasteiger partial charge in [-0.05, 0) is 12.2 Å². The molecule has 1 heterocycles. The largest absolute Gasteiger partial charge is 0.467 e. The van der Waals surface area contributed by atoms with Crippen LogP contribution in [0.4, 0.5) is 0 Å². The molecule has 48 valence electrons. The Hall–Kier alpha value is -1.12. The molecule has 0 aliphatic carbocycles. The van der Waals surface area contributed by atoms with Gasteiger partial charge in [0.05, 0.1) is 6.26 Å². The Balaban J connectivity index is 2.46. The zero-order chi connectivity index (χ0) is 6.53. The van der Waals surface area contributed by atoms with Crippen molar-refractivity contribution in [3.8, 4) is 0 Å². The molecule has 0 fully saturated rings. The highest BCUT2D eigenvalue weighted by molar-refractivity contribution is 5.06. The van der Waals surface area contributed by atoms with Gasteiger partial charge in [0.2, 0.25) is 0 Å². The molecule has 0 radical (unpaired) electrons. The van der Waals surface area contributed by atoms with Crippen molar-refractivity contribution in [2.75, 3.05) is 7.05 Å². The molecule has 3 nitrogen and oxygen atoms in total. The van der Waals surface area contributed by atoms with Crippen LogP contribution in [-0.2, 0) is 4.74 Å². The van der Waals surface area contributed by atoms with E-state index in [1.165, 1.54) is 0 Å². The minimum Gasteiger partial charge on any atom is -0.467 e. The number of nitrogens with zero attached hydrogens (tertiary/aromatic N) is 1. The Morgan fingerprint density at radius 2 is 2.44 bits per heavy atom. The van der Waals surface area contributed by atoms with Gasteiger partial charge in [0, 0.05) is 5.11 Å². The van der Waals surface area contributed by atoms with Crippen LogP contribution >= 0.6 is 0 Å². The van der Waals surface area contributed by atoms with Gasteiger partial charge in [-0.3, -0.25) is 0 Å². The first kappa shape index (κ1) is 6.01. The molecule has 0 aromatic carbocycles. The molecule has 1 unspecified atom stereocenters. The summed E-state index contributed by atoms with van der Waals surface area (Å²) in [6.07, 6.45) is 7.04. The van der Waals surface area contributed by atoms with Crippen LogP contribution in [0.15, 0.2) is 29.6 Å². The molecule has 1 aliphatic rings. The van der Waals surface area contributed by atoms with Gasteiger partial charge in [0.15, 0.2) is 7.05 Å². The van der Waals surface area contributed by atoms with E-state index in [0.29, 0.717) is 0 Å². The fourth-order valence-electron chi connectivity index (χ4n) is 0.576. The Kier molecular flexibility index (Phi) is 2.01. The van der Waals surface area contributed by atoms with E-state index in [1.54, 1.807) is 13.3 Å². The van der Waals surface area contributed by atoms with E-state index in [4.69, 9.17) is 4.74 Å². The average Bonchev–Trinajstić information content (AvgIpc) is 1.91. The van der Waals surface area contributed by atoms with Crippen LogP contribution in [0.2, 0.25) is 0 Å². The lowest BCUT2D eigenvalue weighted by molar-refractivity contribution is -0.507. The minimum absolute atomic E-state index is 0.153. The maximum atomic E-state index is 5.02. The lowest BCUT2D eigenvalue weighted by atomic mass is 10.4. The normalized spacial score (nSPS) is 24.8. The smallest absolute Gasteiger partial charge is 0.267 e. The van der Waals surface area contributed by atoms with Crippen molar-refractivity contribution in [2.45, 2.75) is 6.23 Å². The standard InChI is InChI=1S/C6H8N2O/c1-7-8-6-4-2-3-5-9-6/h2-6H,1H3/p+1. The first-order valence-corrected chi connectivity index (χ1v) is 2.79. The number of allylic oxidation sites excluding steroid dienone is 2. The van der Waals surface area contributed by atoms with E-state index < -0.39 is 0 Å². The summed E-state index contributed by atoms with van der Waals surface area (Å²) in [6, 6.07) is 0. The number of nitrogens with one attached hydrogen (secondary N) is 1. The summed E-state index contributed by atoms with van der Waals surface area (Å²) in [5.74, 6) is 0. The molecule has 1 N–H and O–H groups in total. The Labute approximate surface area is 53.7 Å². The van der Waals surface area contributed by atoms with Gasteiger partial charge >= 0.3 is 0 Å². The van der Waals surface area contributed by atoms with Crippen LogP contribution < -0.4 is 5.11 Å². The van der Waals surface area contributed by atoms with E-state index in [1.807, 2.05) is 18.2 Å². The van der Waals surface area contributed by atoms with Crippen molar-refractivity contribution in [3.63, 3.8) is 0 Å². The highest BCUT2D eigenvalue weighted by Gasteiger charge is 2.03. The van der Waals surface area contributed by atoms with E-state index in [9.17, 15) is 0 Å². The number of azo groups is 1. The molecule has 0 amide bonds. The van der Waals surface area contributed by atoms with Crippen LogP contribution in [0.1, 0.15) is 0 Å². The average molecular weight is 125 g/mol. The fraction of sp³-hybridized carbons (Fsp3) is 0.333. The lowest BCUT2D eigenvalue weighted by Crippen LogP contribution is -2.60. The number of hydrogen-bond donors (Lipinski definition) is 1. The summed E-state index contributed by atoms with van der Waals surface area (Å²) in [7, 11) is 1.75. The predicted molar refractivity (Wildman–Crippen MR) is 32.5 cm³/mol. The molecular formula is C6H9N2O+. The highest BCUT2D eigenvalue weighted by atomic mass is 16.5. The topological polar surface area (TPSA) is 35.6 Å². The summed E-state index contributed by atoms with van der Waals surface area (Å²) in [4.78, 5) is 0.